The molecule has 0 bridgehead atoms. The molecular weight excluding hydrogens is 371 g/mol. The topological polar surface area (TPSA) is 51.5 Å². The van der Waals surface area contributed by atoms with Gasteiger partial charge in [-0.05, 0) is 32.4 Å². The zero-order chi connectivity index (χ0) is 18.8. The molecule has 3 aromatic rings. The monoisotopic (exact) mass is 392 g/mol. The van der Waals surface area contributed by atoms with E-state index in [0.29, 0.717) is 16.7 Å². The van der Waals surface area contributed by atoms with E-state index in [9.17, 15) is 0 Å². The predicted octanol–water partition coefficient (Wildman–Crippen LogP) is 5.16. The normalized spacial score (nSPS) is 12.5. The van der Waals surface area contributed by atoms with Gasteiger partial charge in [0.15, 0.2) is 5.65 Å². The van der Waals surface area contributed by atoms with Gasteiger partial charge in [-0.2, -0.15) is 9.61 Å². The van der Waals surface area contributed by atoms with Gasteiger partial charge in [0, 0.05) is 29.5 Å². The summed E-state index contributed by atoms with van der Waals surface area (Å²) >= 11 is 12.5. The number of hydrogen-bond donors (Lipinski definition) is 1. The van der Waals surface area contributed by atoms with Crippen LogP contribution in [0.25, 0.3) is 16.8 Å². The van der Waals surface area contributed by atoms with E-state index in [2.05, 4.69) is 12.2 Å². The van der Waals surface area contributed by atoms with Crippen LogP contribution in [-0.4, -0.2) is 34.4 Å². The number of benzene rings is 1. The molecule has 1 N–H and O–H groups in total. The van der Waals surface area contributed by atoms with E-state index in [1.807, 2.05) is 36.6 Å². The van der Waals surface area contributed by atoms with Crippen LogP contribution in [0.1, 0.15) is 24.7 Å². The fraction of sp³-hybridized carbons (Fsp3) is 0.368. The second-order valence-electron chi connectivity index (χ2n) is 6.31. The van der Waals surface area contributed by atoms with Crippen LogP contribution in [0.15, 0.2) is 24.3 Å². The van der Waals surface area contributed by atoms with Crippen LogP contribution >= 0.6 is 23.2 Å². The minimum atomic E-state index is 0.192. The van der Waals surface area contributed by atoms with Crippen molar-refractivity contribution >= 4 is 34.7 Å². The van der Waals surface area contributed by atoms with Gasteiger partial charge in [-0.1, -0.05) is 36.2 Å². The van der Waals surface area contributed by atoms with Crippen LogP contribution in [0.5, 0.6) is 0 Å². The van der Waals surface area contributed by atoms with Crippen molar-refractivity contribution in [3.8, 4) is 11.1 Å². The van der Waals surface area contributed by atoms with Crippen LogP contribution in [0.4, 0.5) is 5.82 Å². The van der Waals surface area contributed by atoms with Crippen molar-refractivity contribution < 1.29 is 4.74 Å². The molecular formula is C19H22Cl2N4O. The molecule has 0 aliphatic heterocycles. The highest BCUT2D eigenvalue weighted by Crippen LogP contribution is 2.35. The Hall–Kier alpha value is -1.82. The Kier molecular flexibility index (Phi) is 5.70. The lowest BCUT2D eigenvalue weighted by molar-refractivity contribution is 0.184. The number of nitrogens with zero attached hydrogens (tertiary/aromatic N) is 3. The maximum atomic E-state index is 6.44. The van der Waals surface area contributed by atoms with Crippen LogP contribution < -0.4 is 5.32 Å². The number of rotatable bonds is 6. The van der Waals surface area contributed by atoms with Crippen LogP contribution in [0.2, 0.25) is 10.0 Å². The zero-order valence-electron chi connectivity index (χ0n) is 15.3. The van der Waals surface area contributed by atoms with E-state index in [1.54, 1.807) is 13.2 Å². The lowest BCUT2D eigenvalue weighted by Gasteiger charge is -2.18. The van der Waals surface area contributed by atoms with E-state index < -0.39 is 0 Å². The lowest BCUT2D eigenvalue weighted by Crippen LogP contribution is -2.25. The molecule has 0 aliphatic rings. The highest BCUT2D eigenvalue weighted by atomic mass is 35.5. The molecule has 1 aromatic carbocycles. The number of halogens is 2. The molecule has 0 fully saturated rings. The molecule has 0 spiro atoms. The van der Waals surface area contributed by atoms with E-state index >= 15 is 0 Å². The van der Waals surface area contributed by atoms with Crippen molar-refractivity contribution in [2.45, 2.75) is 33.2 Å². The summed E-state index contributed by atoms with van der Waals surface area (Å²) in [5.41, 5.74) is 4.31. The summed E-state index contributed by atoms with van der Waals surface area (Å²) in [6.07, 6.45) is 0.937. The van der Waals surface area contributed by atoms with Crippen molar-refractivity contribution in [1.29, 1.82) is 0 Å². The summed E-state index contributed by atoms with van der Waals surface area (Å²) in [5, 5.41) is 9.40. The first-order valence-electron chi connectivity index (χ1n) is 8.52. The molecule has 0 radical (unpaired) electrons. The maximum Gasteiger partial charge on any atom is 0.165 e. The van der Waals surface area contributed by atoms with Gasteiger partial charge in [0.25, 0.3) is 0 Å². The second kappa shape index (κ2) is 7.82. The third-order valence-electron chi connectivity index (χ3n) is 4.31. The Labute approximate surface area is 163 Å². The Morgan fingerprint density at radius 1 is 1.23 bits per heavy atom. The first-order chi connectivity index (χ1) is 12.4. The highest BCUT2D eigenvalue weighted by Gasteiger charge is 2.19. The Balaban J connectivity index is 2.17. The summed E-state index contributed by atoms with van der Waals surface area (Å²) in [7, 11) is 1.70. The molecule has 7 heteroatoms. The van der Waals surface area contributed by atoms with Gasteiger partial charge in [0.05, 0.1) is 28.9 Å². The summed E-state index contributed by atoms with van der Waals surface area (Å²) in [6, 6.07) is 7.66. The lowest BCUT2D eigenvalue weighted by atomic mass is 10.1. The van der Waals surface area contributed by atoms with Crippen molar-refractivity contribution in [3.63, 3.8) is 0 Å². The number of methoxy groups -OCH3 is 1. The maximum absolute atomic E-state index is 6.44. The van der Waals surface area contributed by atoms with E-state index in [0.717, 1.165) is 40.4 Å². The molecule has 2 aromatic heterocycles. The quantitative estimate of drug-likeness (QED) is 0.629. The van der Waals surface area contributed by atoms with E-state index in [1.165, 1.54) is 0 Å². The number of anilines is 1. The average Bonchev–Trinajstić information content (AvgIpc) is 2.91. The van der Waals surface area contributed by atoms with E-state index in [4.69, 9.17) is 38.0 Å². The van der Waals surface area contributed by atoms with Gasteiger partial charge >= 0.3 is 0 Å². The number of ether oxygens (including phenoxy) is 1. The van der Waals surface area contributed by atoms with Crippen molar-refractivity contribution in [2.75, 3.05) is 19.0 Å². The molecule has 0 amide bonds. The zero-order valence-corrected chi connectivity index (χ0v) is 16.8. The summed E-state index contributed by atoms with van der Waals surface area (Å²) in [4.78, 5) is 4.71. The average molecular weight is 393 g/mol. The molecule has 0 aliphatic carbocycles. The molecule has 0 saturated carbocycles. The number of hydrogen-bond acceptors (Lipinski definition) is 4. The SMILES string of the molecule is CCC(COC)Nc1cc(C)nc2c(-c3ccc(Cl)cc3Cl)c(C)nn12. The molecule has 0 saturated heterocycles. The molecule has 3 rings (SSSR count). The molecule has 2 heterocycles. The summed E-state index contributed by atoms with van der Waals surface area (Å²) in [6.45, 7) is 6.67. The minimum Gasteiger partial charge on any atom is -0.383 e. The number of nitrogens with one attached hydrogen (secondary N) is 1. The molecule has 1 atom stereocenters. The third-order valence-corrected chi connectivity index (χ3v) is 4.85. The van der Waals surface area contributed by atoms with Crippen LogP contribution in [0.3, 0.4) is 0 Å². The number of fused-ring (bicyclic) bond motifs is 1. The van der Waals surface area contributed by atoms with Crippen molar-refractivity contribution in [1.82, 2.24) is 14.6 Å². The predicted molar refractivity (Wildman–Crippen MR) is 107 cm³/mol. The molecule has 138 valence electrons. The number of aromatic nitrogens is 3. The van der Waals surface area contributed by atoms with Crippen molar-refractivity contribution in [2.24, 2.45) is 0 Å². The van der Waals surface area contributed by atoms with Crippen LogP contribution in [0, 0.1) is 13.8 Å². The van der Waals surface area contributed by atoms with Crippen LogP contribution in [-0.2, 0) is 4.74 Å². The Morgan fingerprint density at radius 3 is 2.65 bits per heavy atom. The first kappa shape index (κ1) is 19.0. The van der Waals surface area contributed by atoms with Crippen molar-refractivity contribution in [3.05, 3.63) is 45.7 Å². The van der Waals surface area contributed by atoms with Gasteiger partial charge in [0.2, 0.25) is 0 Å². The van der Waals surface area contributed by atoms with Gasteiger partial charge in [-0.15, -0.1) is 0 Å². The van der Waals surface area contributed by atoms with Gasteiger partial charge in [-0.3, -0.25) is 0 Å². The fourth-order valence-corrected chi connectivity index (χ4v) is 3.53. The summed E-state index contributed by atoms with van der Waals surface area (Å²) in [5.74, 6) is 0.885. The van der Waals surface area contributed by atoms with Gasteiger partial charge in [0.1, 0.15) is 5.82 Å². The molecule has 1 unspecified atom stereocenters. The summed E-state index contributed by atoms with van der Waals surface area (Å²) < 4.78 is 7.13. The minimum absolute atomic E-state index is 0.192. The smallest absolute Gasteiger partial charge is 0.165 e. The second-order valence-corrected chi connectivity index (χ2v) is 7.15. The van der Waals surface area contributed by atoms with E-state index in [-0.39, 0.29) is 6.04 Å². The van der Waals surface area contributed by atoms with Gasteiger partial charge < -0.3 is 10.1 Å². The van der Waals surface area contributed by atoms with Gasteiger partial charge in [-0.25, -0.2) is 4.98 Å². The standard InChI is InChI=1S/C19H22Cl2N4O/c1-5-14(10-26-4)23-17-8-11(2)22-19-18(12(3)24-25(17)19)15-7-6-13(20)9-16(15)21/h6-9,14,23H,5,10H2,1-4H3. The fourth-order valence-electron chi connectivity index (χ4n) is 3.03. The first-order valence-corrected chi connectivity index (χ1v) is 9.28. The molecule has 5 nitrogen and oxygen atoms in total. The molecule has 26 heavy (non-hydrogen) atoms. The Bertz CT molecular complexity index is 939. The third kappa shape index (κ3) is 3.65. The Morgan fingerprint density at radius 2 is 2.00 bits per heavy atom. The largest absolute Gasteiger partial charge is 0.383 e. The highest BCUT2D eigenvalue weighted by molar-refractivity contribution is 6.36. The number of aryl methyl sites for hydroxylation is 2.